The number of hydrogen-bond acceptors (Lipinski definition) is 4. The monoisotopic (exact) mass is 292 g/mol. The number of amides is 1. The molecule has 0 aliphatic rings. The number of nitrogens with one attached hydrogen (secondary N) is 1. The number of carbonyl (C=O) groups excluding carboxylic acids is 1. The van der Waals surface area contributed by atoms with E-state index in [1.54, 1.807) is 6.92 Å². The Kier molecular flexibility index (Phi) is 4.89. The van der Waals surface area contributed by atoms with Gasteiger partial charge in [-0.1, -0.05) is 23.2 Å². The minimum atomic E-state index is -0.672. The van der Waals surface area contributed by atoms with Gasteiger partial charge in [-0.25, -0.2) is 0 Å². The molecule has 6 nitrogen and oxygen atoms in total. The van der Waals surface area contributed by atoms with E-state index in [-0.39, 0.29) is 27.9 Å². The maximum Gasteiger partial charge on any atom is 0.271 e. The number of carbonyl (C=O) groups is 1. The molecule has 18 heavy (non-hydrogen) atoms. The average Bonchev–Trinajstić information content (AvgIpc) is 2.31. The predicted octanol–water partition coefficient (Wildman–Crippen LogP) is 2.01. The summed E-state index contributed by atoms with van der Waals surface area (Å²) in [6, 6.07) is 1.61. The molecule has 1 aromatic rings. The fraction of sp³-hybridized carbons (Fsp3) is 0.300. The molecule has 0 bridgehead atoms. The Balaban J connectivity index is 3.14. The van der Waals surface area contributed by atoms with Crippen molar-refractivity contribution >= 4 is 34.8 Å². The van der Waals surface area contributed by atoms with Gasteiger partial charge in [-0.3, -0.25) is 14.9 Å². The highest BCUT2D eigenvalue weighted by molar-refractivity contribution is 6.44. The van der Waals surface area contributed by atoms with Crippen LogP contribution in [0.15, 0.2) is 12.1 Å². The first-order chi connectivity index (χ1) is 8.36. The molecule has 0 heterocycles. The van der Waals surface area contributed by atoms with Crippen LogP contribution >= 0.6 is 23.2 Å². The molecule has 0 aromatic heterocycles. The van der Waals surface area contributed by atoms with Gasteiger partial charge in [0, 0.05) is 18.2 Å². The van der Waals surface area contributed by atoms with Crippen LogP contribution in [0.2, 0.25) is 10.0 Å². The van der Waals surface area contributed by atoms with E-state index in [0.29, 0.717) is 0 Å². The van der Waals surface area contributed by atoms with Crippen LogP contribution in [0, 0.1) is 10.1 Å². The van der Waals surface area contributed by atoms with Gasteiger partial charge in [0.1, 0.15) is 0 Å². The van der Waals surface area contributed by atoms with Crippen LogP contribution in [0.4, 0.5) is 5.69 Å². The number of rotatable bonds is 4. The first kappa shape index (κ1) is 14.7. The molecule has 1 aromatic carbocycles. The van der Waals surface area contributed by atoms with E-state index in [9.17, 15) is 14.9 Å². The van der Waals surface area contributed by atoms with E-state index in [4.69, 9.17) is 28.3 Å². The zero-order valence-corrected chi connectivity index (χ0v) is 10.8. The SMILES string of the molecule is C[C@@H](CO)NC(=O)c1cc([N+](=O)[O-])cc(Cl)c1Cl. The number of nitrogens with zero attached hydrogens (tertiary/aromatic N) is 1. The van der Waals surface area contributed by atoms with Crippen LogP contribution in [0.5, 0.6) is 0 Å². The van der Waals surface area contributed by atoms with E-state index >= 15 is 0 Å². The maximum atomic E-state index is 11.8. The lowest BCUT2D eigenvalue weighted by Crippen LogP contribution is -2.35. The summed E-state index contributed by atoms with van der Waals surface area (Å²) in [6.07, 6.45) is 0. The Morgan fingerprint density at radius 3 is 2.67 bits per heavy atom. The third kappa shape index (κ3) is 3.32. The highest BCUT2D eigenvalue weighted by Gasteiger charge is 2.20. The number of hydrogen-bond donors (Lipinski definition) is 2. The number of aliphatic hydroxyl groups is 1. The molecule has 1 atom stereocenters. The smallest absolute Gasteiger partial charge is 0.271 e. The fourth-order valence-electron chi connectivity index (χ4n) is 1.19. The molecule has 0 radical (unpaired) electrons. The van der Waals surface area contributed by atoms with Crippen molar-refractivity contribution in [2.45, 2.75) is 13.0 Å². The molecule has 0 spiro atoms. The Labute approximate surface area is 113 Å². The number of nitro benzene ring substituents is 1. The number of non-ortho nitro benzene ring substituents is 1. The highest BCUT2D eigenvalue weighted by Crippen LogP contribution is 2.30. The Morgan fingerprint density at radius 2 is 2.17 bits per heavy atom. The van der Waals surface area contributed by atoms with Crippen LogP contribution in [0.3, 0.4) is 0 Å². The van der Waals surface area contributed by atoms with E-state index in [1.807, 2.05) is 0 Å². The van der Waals surface area contributed by atoms with Crippen molar-refractivity contribution in [3.63, 3.8) is 0 Å². The summed E-state index contributed by atoms with van der Waals surface area (Å²) in [7, 11) is 0. The molecule has 0 saturated heterocycles. The third-order valence-corrected chi connectivity index (χ3v) is 2.92. The van der Waals surface area contributed by atoms with Gasteiger partial charge in [-0.15, -0.1) is 0 Å². The summed E-state index contributed by atoms with van der Waals surface area (Å²) < 4.78 is 0. The number of halogens is 2. The van der Waals surface area contributed by atoms with Gasteiger partial charge in [-0.2, -0.15) is 0 Å². The Bertz CT molecular complexity index is 493. The second-order valence-corrected chi connectivity index (χ2v) is 4.39. The molecule has 0 aliphatic carbocycles. The number of benzene rings is 1. The quantitative estimate of drug-likeness (QED) is 0.656. The van der Waals surface area contributed by atoms with Crippen molar-refractivity contribution in [2.24, 2.45) is 0 Å². The van der Waals surface area contributed by atoms with E-state index in [1.165, 1.54) is 0 Å². The molecule has 0 aliphatic heterocycles. The summed E-state index contributed by atoms with van der Waals surface area (Å²) in [5.41, 5.74) is -0.428. The molecular weight excluding hydrogens is 283 g/mol. The second kappa shape index (κ2) is 5.99. The van der Waals surface area contributed by atoms with Crippen LogP contribution in [0.1, 0.15) is 17.3 Å². The van der Waals surface area contributed by atoms with Gasteiger partial charge in [0.05, 0.1) is 27.1 Å². The topological polar surface area (TPSA) is 92.5 Å². The number of aliphatic hydroxyl groups excluding tert-OH is 1. The summed E-state index contributed by atoms with van der Waals surface area (Å²) in [4.78, 5) is 21.8. The second-order valence-electron chi connectivity index (χ2n) is 3.60. The average molecular weight is 293 g/mol. The molecule has 0 fully saturated rings. The van der Waals surface area contributed by atoms with E-state index in [2.05, 4.69) is 5.32 Å². The van der Waals surface area contributed by atoms with Gasteiger partial charge in [0.15, 0.2) is 0 Å². The van der Waals surface area contributed by atoms with Gasteiger partial charge in [-0.05, 0) is 6.92 Å². The molecule has 1 amide bonds. The lowest BCUT2D eigenvalue weighted by molar-refractivity contribution is -0.384. The third-order valence-electron chi connectivity index (χ3n) is 2.12. The van der Waals surface area contributed by atoms with Gasteiger partial charge in [0.2, 0.25) is 0 Å². The van der Waals surface area contributed by atoms with E-state index < -0.39 is 16.9 Å². The molecule has 2 N–H and O–H groups in total. The highest BCUT2D eigenvalue weighted by atomic mass is 35.5. The van der Waals surface area contributed by atoms with Gasteiger partial charge >= 0.3 is 0 Å². The Morgan fingerprint density at radius 1 is 1.56 bits per heavy atom. The molecule has 8 heteroatoms. The van der Waals surface area contributed by atoms with Crippen molar-refractivity contribution in [1.29, 1.82) is 0 Å². The van der Waals surface area contributed by atoms with Crippen molar-refractivity contribution in [2.75, 3.05) is 6.61 Å². The lowest BCUT2D eigenvalue weighted by Gasteiger charge is -2.12. The predicted molar refractivity (Wildman–Crippen MR) is 67.1 cm³/mol. The Hall–Kier alpha value is -1.37. The molecule has 1 rings (SSSR count). The molecule has 0 saturated carbocycles. The van der Waals surface area contributed by atoms with Crippen molar-refractivity contribution in [3.8, 4) is 0 Å². The first-order valence-corrected chi connectivity index (χ1v) is 5.67. The first-order valence-electron chi connectivity index (χ1n) is 4.92. The zero-order chi connectivity index (χ0) is 13.9. The van der Waals surface area contributed by atoms with Gasteiger partial charge in [0.25, 0.3) is 11.6 Å². The van der Waals surface area contributed by atoms with E-state index in [0.717, 1.165) is 12.1 Å². The minimum absolute atomic E-state index is 0.0649. The van der Waals surface area contributed by atoms with Crippen molar-refractivity contribution < 1.29 is 14.8 Å². The van der Waals surface area contributed by atoms with Crippen LogP contribution in [-0.2, 0) is 0 Å². The normalized spacial score (nSPS) is 12.0. The zero-order valence-electron chi connectivity index (χ0n) is 9.31. The summed E-state index contributed by atoms with van der Waals surface area (Å²) in [5, 5.41) is 21.7. The fourth-order valence-corrected chi connectivity index (χ4v) is 1.60. The van der Waals surface area contributed by atoms with Crippen LogP contribution < -0.4 is 5.32 Å². The van der Waals surface area contributed by atoms with Crippen molar-refractivity contribution in [3.05, 3.63) is 37.9 Å². The van der Waals surface area contributed by atoms with Crippen LogP contribution in [-0.4, -0.2) is 28.6 Å². The largest absolute Gasteiger partial charge is 0.394 e. The number of nitro groups is 1. The maximum absolute atomic E-state index is 11.8. The minimum Gasteiger partial charge on any atom is -0.394 e. The van der Waals surface area contributed by atoms with Gasteiger partial charge < -0.3 is 10.4 Å². The standard InChI is InChI=1S/C10H10Cl2N2O4/c1-5(4-15)13-10(16)7-2-6(14(17)18)3-8(11)9(7)12/h2-3,5,15H,4H2,1H3,(H,13,16)/t5-/m0/s1. The molecular formula is C10H10Cl2N2O4. The summed E-state index contributed by atoms with van der Waals surface area (Å²) in [6.45, 7) is 1.32. The molecule has 0 unspecified atom stereocenters. The van der Waals surface area contributed by atoms with Crippen LogP contribution in [0.25, 0.3) is 0 Å². The van der Waals surface area contributed by atoms with Crippen molar-refractivity contribution in [1.82, 2.24) is 5.32 Å². The summed E-state index contributed by atoms with van der Waals surface area (Å²) >= 11 is 11.5. The summed E-state index contributed by atoms with van der Waals surface area (Å²) in [5.74, 6) is -0.632. The molecule has 98 valence electrons. The lowest BCUT2D eigenvalue weighted by atomic mass is 10.1.